The summed E-state index contributed by atoms with van der Waals surface area (Å²) in [5, 5.41) is 0.0489. The fourth-order valence-corrected chi connectivity index (χ4v) is 1.85. The van der Waals surface area contributed by atoms with Gasteiger partial charge in [-0.3, -0.25) is 15.6 Å². The zero-order valence-electron chi connectivity index (χ0n) is 11.6. The van der Waals surface area contributed by atoms with Crippen molar-refractivity contribution in [3.05, 3.63) is 35.4 Å². The normalized spacial score (nSPS) is 12.0. The SMILES string of the molecule is CC(C)Cc1ccc(C(C)C(=O)NNC(N)=S)cc1. The van der Waals surface area contributed by atoms with Crippen LogP contribution in [0.3, 0.4) is 0 Å². The van der Waals surface area contributed by atoms with Gasteiger partial charge >= 0.3 is 0 Å². The molecule has 0 aliphatic heterocycles. The minimum atomic E-state index is -0.255. The molecule has 0 bridgehead atoms. The van der Waals surface area contributed by atoms with Crippen LogP contribution in [-0.2, 0) is 11.2 Å². The van der Waals surface area contributed by atoms with Crippen LogP contribution >= 0.6 is 12.2 Å². The molecule has 0 aliphatic rings. The summed E-state index contributed by atoms with van der Waals surface area (Å²) in [7, 11) is 0. The first-order valence-electron chi connectivity index (χ1n) is 6.34. The lowest BCUT2D eigenvalue weighted by molar-refractivity contribution is -0.122. The molecule has 0 radical (unpaired) electrons. The van der Waals surface area contributed by atoms with Gasteiger partial charge < -0.3 is 5.73 Å². The van der Waals surface area contributed by atoms with Crippen molar-refractivity contribution in [1.82, 2.24) is 10.9 Å². The van der Waals surface area contributed by atoms with Crippen molar-refractivity contribution in [2.45, 2.75) is 33.1 Å². The van der Waals surface area contributed by atoms with E-state index in [2.05, 4.69) is 49.0 Å². The molecule has 0 saturated carbocycles. The van der Waals surface area contributed by atoms with E-state index in [0.717, 1.165) is 12.0 Å². The summed E-state index contributed by atoms with van der Waals surface area (Å²) in [4.78, 5) is 11.8. The Hall–Kier alpha value is -1.62. The Balaban J connectivity index is 2.64. The smallest absolute Gasteiger partial charge is 0.245 e. The summed E-state index contributed by atoms with van der Waals surface area (Å²) in [6.45, 7) is 6.21. The van der Waals surface area contributed by atoms with Gasteiger partial charge in [-0.15, -0.1) is 0 Å². The van der Waals surface area contributed by atoms with Gasteiger partial charge in [-0.05, 0) is 42.6 Å². The van der Waals surface area contributed by atoms with Crippen molar-refractivity contribution in [2.24, 2.45) is 11.7 Å². The zero-order valence-corrected chi connectivity index (χ0v) is 12.4. The molecule has 1 rings (SSSR count). The van der Waals surface area contributed by atoms with Gasteiger partial charge in [0.05, 0.1) is 5.92 Å². The maximum absolute atomic E-state index is 11.8. The third kappa shape index (κ3) is 5.26. The molecule has 0 aliphatic carbocycles. The third-order valence-electron chi connectivity index (χ3n) is 2.83. The molecule has 1 aromatic carbocycles. The van der Waals surface area contributed by atoms with Gasteiger partial charge in [-0.2, -0.15) is 0 Å². The molecular weight excluding hydrogens is 258 g/mol. The molecule has 0 fully saturated rings. The summed E-state index contributed by atoms with van der Waals surface area (Å²) in [6, 6.07) is 8.12. The standard InChI is InChI=1S/C14H21N3OS/c1-9(2)8-11-4-6-12(7-5-11)10(3)13(18)16-17-14(15)19/h4-7,9-10H,8H2,1-3H3,(H,16,18)(H3,15,17,19). The number of nitrogens with one attached hydrogen (secondary N) is 2. The highest BCUT2D eigenvalue weighted by molar-refractivity contribution is 7.80. The van der Waals surface area contributed by atoms with Crippen LogP contribution in [-0.4, -0.2) is 11.0 Å². The molecule has 1 atom stereocenters. The molecule has 0 aromatic heterocycles. The molecule has 0 heterocycles. The van der Waals surface area contributed by atoms with Crippen molar-refractivity contribution in [3.63, 3.8) is 0 Å². The van der Waals surface area contributed by atoms with E-state index in [1.165, 1.54) is 5.56 Å². The van der Waals surface area contributed by atoms with Crippen LogP contribution in [0.4, 0.5) is 0 Å². The number of hydrogen-bond donors (Lipinski definition) is 3. The predicted octanol–water partition coefficient (Wildman–Crippen LogP) is 1.85. The minimum absolute atomic E-state index is 0.0489. The molecule has 0 saturated heterocycles. The number of carbonyl (C=O) groups excluding carboxylic acids is 1. The van der Waals surface area contributed by atoms with E-state index in [9.17, 15) is 4.79 Å². The second kappa shape index (κ2) is 7.09. The van der Waals surface area contributed by atoms with Gasteiger partial charge in [0.1, 0.15) is 0 Å². The number of nitrogens with two attached hydrogens (primary N) is 1. The molecule has 19 heavy (non-hydrogen) atoms. The van der Waals surface area contributed by atoms with E-state index in [4.69, 9.17) is 5.73 Å². The fraction of sp³-hybridized carbons (Fsp3) is 0.429. The van der Waals surface area contributed by atoms with Crippen LogP contribution in [0.25, 0.3) is 0 Å². The van der Waals surface area contributed by atoms with Crippen molar-refractivity contribution < 1.29 is 4.79 Å². The minimum Gasteiger partial charge on any atom is -0.375 e. The lowest BCUT2D eigenvalue weighted by Gasteiger charge is -2.14. The number of amides is 1. The fourth-order valence-electron chi connectivity index (χ4n) is 1.80. The van der Waals surface area contributed by atoms with Gasteiger partial charge in [0.2, 0.25) is 5.91 Å². The Kier molecular flexibility index (Phi) is 5.76. The highest BCUT2D eigenvalue weighted by Gasteiger charge is 2.14. The van der Waals surface area contributed by atoms with Crippen LogP contribution < -0.4 is 16.6 Å². The molecule has 5 heteroatoms. The van der Waals surface area contributed by atoms with Gasteiger partial charge in [-0.1, -0.05) is 38.1 Å². The quantitative estimate of drug-likeness (QED) is 0.581. The van der Waals surface area contributed by atoms with Crippen molar-refractivity contribution in [1.29, 1.82) is 0 Å². The maximum Gasteiger partial charge on any atom is 0.245 e. The molecule has 1 amide bonds. The summed E-state index contributed by atoms with van der Waals surface area (Å²) < 4.78 is 0. The number of thiocarbonyl (C=S) groups is 1. The molecule has 104 valence electrons. The second-order valence-corrected chi connectivity index (χ2v) is 5.48. The van der Waals surface area contributed by atoms with Crippen LogP contribution in [0.15, 0.2) is 24.3 Å². The van der Waals surface area contributed by atoms with Crippen molar-refractivity contribution >= 4 is 23.2 Å². The predicted molar refractivity (Wildman–Crippen MR) is 81.5 cm³/mol. The molecule has 0 spiro atoms. The van der Waals surface area contributed by atoms with Gasteiger partial charge in [0.25, 0.3) is 0 Å². The molecular formula is C14H21N3OS. The van der Waals surface area contributed by atoms with E-state index in [1.807, 2.05) is 19.1 Å². The largest absolute Gasteiger partial charge is 0.375 e. The zero-order chi connectivity index (χ0) is 14.4. The van der Waals surface area contributed by atoms with E-state index in [1.54, 1.807) is 0 Å². The molecule has 1 unspecified atom stereocenters. The summed E-state index contributed by atoms with van der Waals surface area (Å²) >= 11 is 4.63. The van der Waals surface area contributed by atoms with Crippen molar-refractivity contribution in [3.8, 4) is 0 Å². The van der Waals surface area contributed by atoms with Crippen LogP contribution in [0.1, 0.15) is 37.8 Å². The van der Waals surface area contributed by atoms with E-state index >= 15 is 0 Å². The average molecular weight is 279 g/mol. The van der Waals surface area contributed by atoms with E-state index in [0.29, 0.717) is 5.92 Å². The van der Waals surface area contributed by atoms with E-state index < -0.39 is 0 Å². The van der Waals surface area contributed by atoms with E-state index in [-0.39, 0.29) is 16.9 Å². The van der Waals surface area contributed by atoms with Crippen LogP contribution in [0, 0.1) is 5.92 Å². The number of hydrazine groups is 1. The van der Waals surface area contributed by atoms with Gasteiger partial charge in [0.15, 0.2) is 5.11 Å². The van der Waals surface area contributed by atoms with Gasteiger partial charge in [0, 0.05) is 0 Å². The number of carbonyl (C=O) groups is 1. The number of benzene rings is 1. The highest BCUT2D eigenvalue weighted by Crippen LogP contribution is 2.17. The lowest BCUT2D eigenvalue weighted by atomic mass is 9.96. The Morgan fingerprint density at radius 1 is 1.21 bits per heavy atom. The first-order valence-corrected chi connectivity index (χ1v) is 6.75. The number of rotatable bonds is 4. The van der Waals surface area contributed by atoms with Crippen LogP contribution in [0.2, 0.25) is 0 Å². The second-order valence-electron chi connectivity index (χ2n) is 5.04. The Labute approximate surface area is 119 Å². The first-order chi connectivity index (χ1) is 8.90. The van der Waals surface area contributed by atoms with Crippen molar-refractivity contribution in [2.75, 3.05) is 0 Å². The molecule has 1 aromatic rings. The monoisotopic (exact) mass is 279 g/mol. The summed E-state index contributed by atoms with van der Waals surface area (Å²) in [5.41, 5.74) is 12.4. The van der Waals surface area contributed by atoms with Gasteiger partial charge in [-0.25, -0.2) is 0 Å². The maximum atomic E-state index is 11.8. The molecule has 4 N–H and O–H groups in total. The third-order valence-corrected chi connectivity index (χ3v) is 2.93. The molecule has 4 nitrogen and oxygen atoms in total. The highest BCUT2D eigenvalue weighted by atomic mass is 32.1. The Bertz CT molecular complexity index is 443. The topological polar surface area (TPSA) is 67.2 Å². The van der Waals surface area contributed by atoms with Crippen LogP contribution in [0.5, 0.6) is 0 Å². The summed E-state index contributed by atoms with van der Waals surface area (Å²) in [6.07, 6.45) is 1.05. The lowest BCUT2D eigenvalue weighted by Crippen LogP contribution is -2.45. The Morgan fingerprint density at radius 2 is 1.79 bits per heavy atom. The Morgan fingerprint density at radius 3 is 2.26 bits per heavy atom. The average Bonchev–Trinajstić information content (AvgIpc) is 2.35. The first kappa shape index (κ1) is 15.4. The summed E-state index contributed by atoms with van der Waals surface area (Å²) in [5.74, 6) is 0.209. The number of hydrogen-bond acceptors (Lipinski definition) is 2.